The molecule has 0 bridgehead atoms. The molecule has 1 N–H and O–H groups in total. The first-order chi connectivity index (χ1) is 9.74. The monoisotopic (exact) mass is 274 g/mol. The summed E-state index contributed by atoms with van der Waals surface area (Å²) in [5, 5.41) is 7.36. The van der Waals surface area contributed by atoms with E-state index in [1.165, 1.54) is 0 Å². The van der Waals surface area contributed by atoms with Crippen molar-refractivity contribution >= 4 is 0 Å². The molecular weight excluding hydrogens is 256 g/mol. The zero-order valence-corrected chi connectivity index (χ0v) is 11.7. The minimum atomic E-state index is 0.126. The van der Waals surface area contributed by atoms with Crippen LogP contribution in [0, 0.1) is 6.92 Å². The van der Waals surface area contributed by atoms with E-state index in [-0.39, 0.29) is 6.04 Å². The van der Waals surface area contributed by atoms with Crippen LogP contribution in [0.3, 0.4) is 0 Å². The first-order valence-electron chi connectivity index (χ1n) is 6.82. The average Bonchev–Trinajstić information content (AvgIpc) is 2.97. The fourth-order valence-corrected chi connectivity index (χ4v) is 2.32. The zero-order chi connectivity index (χ0) is 13.9. The van der Waals surface area contributed by atoms with Crippen LogP contribution < -0.4 is 5.32 Å². The summed E-state index contributed by atoms with van der Waals surface area (Å²) < 4.78 is 5.39. The summed E-state index contributed by atoms with van der Waals surface area (Å²) in [6.45, 7) is 7.91. The van der Waals surface area contributed by atoms with Gasteiger partial charge in [0.25, 0.3) is 0 Å². The van der Waals surface area contributed by atoms with E-state index < -0.39 is 0 Å². The SMILES string of the molecule is Cc1nccc(-c2noc(C(C)N3CCNCC3)n2)n1. The molecule has 0 aromatic carbocycles. The summed E-state index contributed by atoms with van der Waals surface area (Å²) in [7, 11) is 0. The van der Waals surface area contributed by atoms with Gasteiger partial charge in [-0.25, -0.2) is 9.97 Å². The molecule has 2 aromatic rings. The summed E-state index contributed by atoms with van der Waals surface area (Å²) in [5.74, 6) is 1.86. The van der Waals surface area contributed by atoms with Gasteiger partial charge < -0.3 is 9.84 Å². The molecule has 0 saturated carbocycles. The second-order valence-electron chi connectivity index (χ2n) is 4.91. The Balaban J connectivity index is 1.79. The van der Waals surface area contributed by atoms with Crippen LogP contribution in [-0.2, 0) is 0 Å². The lowest BCUT2D eigenvalue weighted by molar-refractivity contribution is 0.154. The van der Waals surface area contributed by atoms with Crippen LogP contribution >= 0.6 is 0 Å². The maximum absolute atomic E-state index is 5.39. The smallest absolute Gasteiger partial charge is 0.244 e. The Kier molecular flexibility index (Phi) is 3.70. The third-order valence-corrected chi connectivity index (χ3v) is 3.50. The normalized spacial score (nSPS) is 18.1. The molecule has 106 valence electrons. The maximum atomic E-state index is 5.39. The van der Waals surface area contributed by atoms with Crippen molar-refractivity contribution in [2.75, 3.05) is 26.2 Å². The number of nitrogens with one attached hydrogen (secondary N) is 1. The van der Waals surface area contributed by atoms with Crippen molar-refractivity contribution in [1.29, 1.82) is 0 Å². The predicted octanol–water partition coefficient (Wildman–Crippen LogP) is 0.801. The Labute approximate surface area is 117 Å². The second kappa shape index (κ2) is 5.64. The van der Waals surface area contributed by atoms with Gasteiger partial charge in [0.1, 0.15) is 11.5 Å². The van der Waals surface area contributed by atoms with Crippen LogP contribution in [0.15, 0.2) is 16.8 Å². The van der Waals surface area contributed by atoms with Crippen molar-refractivity contribution in [3.8, 4) is 11.5 Å². The highest BCUT2D eigenvalue weighted by molar-refractivity contribution is 5.47. The molecule has 1 fully saturated rings. The fraction of sp³-hybridized carbons (Fsp3) is 0.538. The largest absolute Gasteiger partial charge is 0.337 e. The molecule has 7 nitrogen and oxygen atoms in total. The van der Waals surface area contributed by atoms with Crippen molar-refractivity contribution in [3.05, 3.63) is 24.0 Å². The molecule has 1 unspecified atom stereocenters. The Morgan fingerprint density at radius 2 is 2.10 bits per heavy atom. The lowest BCUT2D eigenvalue weighted by atomic mass is 10.2. The zero-order valence-electron chi connectivity index (χ0n) is 11.7. The number of nitrogens with zero attached hydrogens (tertiary/aromatic N) is 5. The molecule has 1 atom stereocenters. The highest BCUT2D eigenvalue weighted by Gasteiger charge is 2.23. The minimum Gasteiger partial charge on any atom is -0.337 e. The van der Waals surface area contributed by atoms with Gasteiger partial charge in [0.15, 0.2) is 0 Å². The van der Waals surface area contributed by atoms with Gasteiger partial charge in [-0.2, -0.15) is 4.98 Å². The van der Waals surface area contributed by atoms with E-state index in [0.717, 1.165) is 26.2 Å². The molecular formula is C13H18N6O. The van der Waals surface area contributed by atoms with Gasteiger partial charge in [-0.3, -0.25) is 4.90 Å². The fourth-order valence-electron chi connectivity index (χ4n) is 2.32. The first kappa shape index (κ1) is 13.1. The van der Waals surface area contributed by atoms with E-state index in [9.17, 15) is 0 Å². The molecule has 0 radical (unpaired) electrons. The third-order valence-electron chi connectivity index (χ3n) is 3.50. The van der Waals surface area contributed by atoms with Crippen molar-refractivity contribution in [1.82, 2.24) is 30.3 Å². The van der Waals surface area contributed by atoms with Gasteiger partial charge in [0.05, 0.1) is 6.04 Å². The van der Waals surface area contributed by atoms with E-state index >= 15 is 0 Å². The third kappa shape index (κ3) is 2.68. The van der Waals surface area contributed by atoms with Gasteiger partial charge >= 0.3 is 0 Å². The van der Waals surface area contributed by atoms with Crippen molar-refractivity contribution in [3.63, 3.8) is 0 Å². The average molecular weight is 274 g/mol. The summed E-state index contributed by atoms with van der Waals surface area (Å²) in [6, 6.07) is 1.91. The standard InChI is InChI=1S/C13H18N6O/c1-9(19-7-5-14-6-8-19)13-17-12(18-20-13)11-3-4-15-10(2)16-11/h3-4,9,14H,5-8H2,1-2H3. The molecule has 3 rings (SSSR count). The van der Waals surface area contributed by atoms with E-state index in [2.05, 4.69) is 37.2 Å². The Morgan fingerprint density at radius 1 is 1.30 bits per heavy atom. The van der Waals surface area contributed by atoms with Crippen LogP contribution in [-0.4, -0.2) is 51.2 Å². The highest BCUT2D eigenvalue weighted by Crippen LogP contribution is 2.21. The van der Waals surface area contributed by atoms with Gasteiger partial charge in [-0.1, -0.05) is 5.16 Å². The lowest BCUT2D eigenvalue weighted by Gasteiger charge is -2.30. The Hall–Kier alpha value is -1.86. The van der Waals surface area contributed by atoms with Crippen LogP contribution in [0.5, 0.6) is 0 Å². The molecule has 0 amide bonds. The second-order valence-corrected chi connectivity index (χ2v) is 4.91. The molecule has 0 spiro atoms. The summed E-state index contributed by atoms with van der Waals surface area (Å²) >= 11 is 0. The number of aromatic nitrogens is 4. The summed E-state index contributed by atoms with van der Waals surface area (Å²) in [6.07, 6.45) is 1.70. The quantitative estimate of drug-likeness (QED) is 0.886. The van der Waals surface area contributed by atoms with E-state index in [0.29, 0.717) is 23.2 Å². The Bertz CT molecular complexity index is 578. The topological polar surface area (TPSA) is 80.0 Å². The van der Waals surface area contributed by atoms with Crippen LogP contribution in [0.2, 0.25) is 0 Å². The highest BCUT2D eigenvalue weighted by atomic mass is 16.5. The Morgan fingerprint density at radius 3 is 2.85 bits per heavy atom. The molecule has 1 aliphatic rings. The number of piperazine rings is 1. The van der Waals surface area contributed by atoms with Crippen molar-refractivity contribution in [2.45, 2.75) is 19.9 Å². The van der Waals surface area contributed by atoms with Gasteiger partial charge in [-0.15, -0.1) is 0 Å². The number of aryl methyl sites for hydroxylation is 1. The molecule has 1 aliphatic heterocycles. The van der Waals surface area contributed by atoms with E-state index in [4.69, 9.17) is 4.52 Å². The van der Waals surface area contributed by atoms with Crippen molar-refractivity contribution in [2.24, 2.45) is 0 Å². The number of rotatable bonds is 3. The van der Waals surface area contributed by atoms with E-state index in [1.54, 1.807) is 12.3 Å². The van der Waals surface area contributed by atoms with Gasteiger partial charge in [0.2, 0.25) is 11.7 Å². The molecule has 2 aromatic heterocycles. The van der Waals surface area contributed by atoms with Crippen LogP contribution in [0.25, 0.3) is 11.5 Å². The maximum Gasteiger partial charge on any atom is 0.244 e. The minimum absolute atomic E-state index is 0.126. The first-order valence-corrected chi connectivity index (χ1v) is 6.82. The molecule has 7 heteroatoms. The number of hydrogen-bond acceptors (Lipinski definition) is 7. The molecule has 1 saturated heterocycles. The number of hydrogen-bond donors (Lipinski definition) is 1. The summed E-state index contributed by atoms with van der Waals surface area (Å²) in [4.78, 5) is 15.2. The molecule has 20 heavy (non-hydrogen) atoms. The van der Waals surface area contributed by atoms with Crippen molar-refractivity contribution < 1.29 is 4.52 Å². The molecule has 0 aliphatic carbocycles. The van der Waals surface area contributed by atoms with Gasteiger partial charge in [0, 0.05) is 32.4 Å². The lowest BCUT2D eigenvalue weighted by Crippen LogP contribution is -2.44. The van der Waals surface area contributed by atoms with Gasteiger partial charge in [-0.05, 0) is 19.9 Å². The predicted molar refractivity (Wildman–Crippen MR) is 72.9 cm³/mol. The van der Waals surface area contributed by atoms with E-state index in [1.807, 2.05) is 6.92 Å². The molecule has 3 heterocycles. The van der Waals surface area contributed by atoms with Crippen LogP contribution in [0.4, 0.5) is 0 Å². The van der Waals surface area contributed by atoms with Crippen LogP contribution in [0.1, 0.15) is 24.7 Å². The summed E-state index contributed by atoms with van der Waals surface area (Å²) in [5.41, 5.74) is 0.694.